The molecule has 0 atom stereocenters. The Morgan fingerprint density at radius 1 is 1.41 bits per heavy atom. The van der Waals surface area contributed by atoms with Gasteiger partial charge in [-0.05, 0) is 19.4 Å². The van der Waals surface area contributed by atoms with E-state index >= 15 is 0 Å². The van der Waals surface area contributed by atoms with Crippen molar-refractivity contribution in [3.8, 4) is 0 Å². The molecule has 0 radical (unpaired) electrons. The summed E-state index contributed by atoms with van der Waals surface area (Å²) in [5.74, 6) is 1.61. The average molecular weight is 295 g/mol. The summed E-state index contributed by atoms with van der Waals surface area (Å²) in [6, 6.07) is 1.73. The van der Waals surface area contributed by atoms with E-state index in [1.54, 1.807) is 24.9 Å². The van der Waals surface area contributed by atoms with E-state index in [-0.39, 0.29) is 0 Å². The summed E-state index contributed by atoms with van der Waals surface area (Å²) in [4.78, 5) is 4.41. The number of hydrogen-bond donors (Lipinski definition) is 1. The molecule has 0 aliphatic carbocycles. The number of aromatic nitrogens is 1. The Bertz CT molecular complexity index is 364. The quantitative estimate of drug-likeness (QED) is 0.610. The highest BCUT2D eigenvalue weighted by atomic mass is 35.5. The van der Waals surface area contributed by atoms with Crippen molar-refractivity contribution in [1.82, 2.24) is 4.98 Å². The predicted octanol–water partition coefficient (Wildman–Crippen LogP) is 3.95. The first-order chi connectivity index (χ1) is 8.19. The molecule has 0 aliphatic rings. The summed E-state index contributed by atoms with van der Waals surface area (Å²) in [7, 11) is 1.70. The molecule has 6 heteroatoms. The Labute approximate surface area is 116 Å². The van der Waals surface area contributed by atoms with Crippen molar-refractivity contribution in [1.29, 1.82) is 0 Å². The summed E-state index contributed by atoms with van der Waals surface area (Å²) in [6.45, 7) is 3.53. The van der Waals surface area contributed by atoms with Gasteiger partial charge in [-0.1, -0.05) is 23.2 Å². The lowest BCUT2D eigenvalue weighted by Gasteiger charge is -2.09. The van der Waals surface area contributed by atoms with Crippen LogP contribution in [0.25, 0.3) is 0 Å². The standard InChI is InChI=1S/C11H16Cl2N2OS/c1-3-14-10-8(12)7-9(13)11(15-10)17-6-4-5-16-2/h7H,3-6H2,1-2H3,(H,14,15). The van der Waals surface area contributed by atoms with E-state index in [0.29, 0.717) is 15.9 Å². The molecule has 1 heterocycles. The molecule has 1 rings (SSSR count). The van der Waals surface area contributed by atoms with Crippen LogP contribution in [0.4, 0.5) is 5.82 Å². The molecule has 1 N–H and O–H groups in total. The fourth-order valence-corrected chi connectivity index (χ4v) is 2.61. The van der Waals surface area contributed by atoms with Crippen molar-refractivity contribution in [3.63, 3.8) is 0 Å². The molecule has 1 aromatic rings. The van der Waals surface area contributed by atoms with Crippen LogP contribution in [-0.4, -0.2) is 31.0 Å². The molecular weight excluding hydrogens is 279 g/mol. The molecule has 0 spiro atoms. The van der Waals surface area contributed by atoms with Crippen LogP contribution in [0, 0.1) is 0 Å². The van der Waals surface area contributed by atoms with E-state index in [2.05, 4.69) is 10.3 Å². The first-order valence-corrected chi connectivity index (χ1v) is 7.14. The summed E-state index contributed by atoms with van der Waals surface area (Å²) in [6.07, 6.45) is 0.971. The summed E-state index contributed by atoms with van der Waals surface area (Å²) in [5, 5.41) is 5.06. The van der Waals surface area contributed by atoms with Gasteiger partial charge >= 0.3 is 0 Å². The van der Waals surface area contributed by atoms with Gasteiger partial charge in [0.05, 0.1) is 10.0 Å². The van der Waals surface area contributed by atoms with Crippen LogP contribution in [0.2, 0.25) is 10.0 Å². The highest BCUT2D eigenvalue weighted by Crippen LogP contribution is 2.32. The highest BCUT2D eigenvalue weighted by molar-refractivity contribution is 7.99. The van der Waals surface area contributed by atoms with Gasteiger partial charge in [-0.25, -0.2) is 4.98 Å². The van der Waals surface area contributed by atoms with E-state index in [9.17, 15) is 0 Å². The second-order valence-corrected chi connectivity index (χ2v) is 5.23. The summed E-state index contributed by atoms with van der Waals surface area (Å²) < 4.78 is 4.99. The summed E-state index contributed by atoms with van der Waals surface area (Å²) in [5.41, 5.74) is 0. The van der Waals surface area contributed by atoms with Crippen molar-refractivity contribution in [2.75, 3.05) is 31.3 Å². The highest BCUT2D eigenvalue weighted by Gasteiger charge is 2.09. The normalized spacial score (nSPS) is 10.6. The van der Waals surface area contributed by atoms with Gasteiger partial charge in [0.15, 0.2) is 0 Å². The maximum Gasteiger partial charge on any atom is 0.146 e. The number of nitrogens with one attached hydrogen (secondary N) is 1. The lowest BCUT2D eigenvalue weighted by Crippen LogP contribution is -2.01. The number of nitrogens with zero attached hydrogens (tertiary/aromatic N) is 1. The number of halogens is 2. The Kier molecular flexibility index (Phi) is 7.04. The Morgan fingerprint density at radius 3 is 2.82 bits per heavy atom. The fraction of sp³-hybridized carbons (Fsp3) is 0.545. The number of pyridine rings is 1. The van der Waals surface area contributed by atoms with Crippen LogP contribution in [-0.2, 0) is 4.74 Å². The van der Waals surface area contributed by atoms with Gasteiger partial charge in [-0.15, -0.1) is 11.8 Å². The van der Waals surface area contributed by atoms with E-state index in [1.807, 2.05) is 6.92 Å². The lowest BCUT2D eigenvalue weighted by molar-refractivity contribution is 0.200. The maximum atomic E-state index is 6.09. The number of ether oxygens (including phenoxy) is 1. The number of thioether (sulfide) groups is 1. The minimum Gasteiger partial charge on any atom is -0.385 e. The molecule has 0 fully saturated rings. The summed E-state index contributed by atoms with van der Waals surface area (Å²) >= 11 is 13.7. The van der Waals surface area contributed by atoms with Crippen LogP contribution >= 0.6 is 35.0 Å². The second-order valence-electron chi connectivity index (χ2n) is 3.33. The number of hydrogen-bond acceptors (Lipinski definition) is 4. The molecule has 3 nitrogen and oxygen atoms in total. The van der Waals surface area contributed by atoms with E-state index in [1.165, 1.54) is 0 Å². The van der Waals surface area contributed by atoms with E-state index in [4.69, 9.17) is 27.9 Å². The number of anilines is 1. The van der Waals surface area contributed by atoms with Gasteiger partial charge in [0, 0.05) is 26.0 Å². The lowest BCUT2D eigenvalue weighted by atomic mass is 10.4. The van der Waals surface area contributed by atoms with Crippen molar-refractivity contribution in [3.05, 3.63) is 16.1 Å². The number of methoxy groups -OCH3 is 1. The third kappa shape index (κ3) is 4.92. The molecule has 1 aromatic heterocycles. The molecular formula is C11H16Cl2N2OS. The van der Waals surface area contributed by atoms with E-state index < -0.39 is 0 Å². The van der Waals surface area contributed by atoms with Crippen molar-refractivity contribution >= 4 is 40.8 Å². The van der Waals surface area contributed by atoms with Gasteiger partial charge in [0.2, 0.25) is 0 Å². The maximum absolute atomic E-state index is 6.09. The zero-order chi connectivity index (χ0) is 12.7. The third-order valence-electron chi connectivity index (χ3n) is 1.97. The fourth-order valence-electron chi connectivity index (χ4n) is 1.21. The molecule has 0 saturated carbocycles. The zero-order valence-corrected chi connectivity index (χ0v) is 12.3. The smallest absolute Gasteiger partial charge is 0.146 e. The van der Waals surface area contributed by atoms with Crippen LogP contribution in [0.1, 0.15) is 13.3 Å². The molecule has 0 saturated heterocycles. The first-order valence-electron chi connectivity index (χ1n) is 5.40. The molecule has 0 aliphatic heterocycles. The molecule has 0 aromatic carbocycles. The topological polar surface area (TPSA) is 34.2 Å². The van der Waals surface area contributed by atoms with Gasteiger partial charge in [0.1, 0.15) is 10.8 Å². The van der Waals surface area contributed by atoms with Gasteiger partial charge in [-0.2, -0.15) is 0 Å². The Hall–Kier alpha value is -0.160. The SMILES string of the molecule is CCNc1nc(SCCCOC)c(Cl)cc1Cl. The van der Waals surface area contributed by atoms with Crippen molar-refractivity contribution in [2.24, 2.45) is 0 Å². The largest absolute Gasteiger partial charge is 0.385 e. The van der Waals surface area contributed by atoms with Crippen molar-refractivity contribution < 1.29 is 4.74 Å². The van der Waals surface area contributed by atoms with Crippen LogP contribution in [0.15, 0.2) is 11.1 Å². The second kappa shape index (κ2) is 8.03. The zero-order valence-electron chi connectivity index (χ0n) is 9.93. The molecule has 0 unspecified atom stereocenters. The van der Waals surface area contributed by atoms with E-state index in [0.717, 1.165) is 30.4 Å². The Morgan fingerprint density at radius 2 is 2.18 bits per heavy atom. The number of rotatable bonds is 7. The molecule has 17 heavy (non-hydrogen) atoms. The Balaban J connectivity index is 2.66. The van der Waals surface area contributed by atoms with Crippen molar-refractivity contribution in [2.45, 2.75) is 18.4 Å². The van der Waals surface area contributed by atoms with Crippen LogP contribution in [0.5, 0.6) is 0 Å². The van der Waals surface area contributed by atoms with Gasteiger partial charge in [-0.3, -0.25) is 0 Å². The van der Waals surface area contributed by atoms with Gasteiger partial charge in [0.25, 0.3) is 0 Å². The predicted molar refractivity (Wildman–Crippen MR) is 75.6 cm³/mol. The molecule has 0 amide bonds. The molecule has 96 valence electrons. The minimum atomic E-state index is 0.554. The monoisotopic (exact) mass is 294 g/mol. The third-order valence-corrected chi connectivity index (χ3v) is 3.74. The van der Waals surface area contributed by atoms with Crippen LogP contribution in [0.3, 0.4) is 0 Å². The molecule has 0 bridgehead atoms. The average Bonchev–Trinajstić information content (AvgIpc) is 2.30. The minimum absolute atomic E-state index is 0.554. The van der Waals surface area contributed by atoms with Gasteiger partial charge < -0.3 is 10.1 Å². The van der Waals surface area contributed by atoms with Crippen LogP contribution < -0.4 is 5.32 Å². The first kappa shape index (κ1) is 14.9.